The molecule has 2 heterocycles. The lowest BCUT2D eigenvalue weighted by Gasteiger charge is -2.36. The largest absolute Gasteiger partial charge is 0.334 e. The van der Waals surface area contributed by atoms with Crippen LogP contribution in [-0.2, 0) is 26.6 Å². The van der Waals surface area contributed by atoms with Crippen LogP contribution in [0.5, 0.6) is 0 Å². The number of carbonyl (C=O) groups is 1. The summed E-state index contributed by atoms with van der Waals surface area (Å²) in [4.78, 5) is 22.2. The number of halogens is 1. The Morgan fingerprint density at radius 3 is 2.52 bits per heavy atom. The van der Waals surface area contributed by atoms with E-state index in [2.05, 4.69) is 40.5 Å². The monoisotopic (exact) mass is 408 g/mol. The fourth-order valence-electron chi connectivity index (χ4n) is 3.85. The molecule has 0 radical (unpaired) electrons. The van der Waals surface area contributed by atoms with E-state index in [0.717, 1.165) is 47.4 Å². The molecule has 0 N–H and O–H groups in total. The number of hydrogen-bond donors (Lipinski definition) is 0. The number of ketones is 1. The minimum absolute atomic E-state index is 0.105. The first-order valence-corrected chi connectivity index (χ1v) is 10.3. The summed E-state index contributed by atoms with van der Waals surface area (Å²) < 4.78 is 2.17. The normalized spacial score (nSPS) is 14.1. The number of fused-ring (bicyclic) bond motifs is 1. The van der Waals surface area contributed by atoms with Crippen LogP contribution in [0, 0.1) is 0 Å². The highest BCUT2D eigenvalue weighted by Crippen LogP contribution is 2.29. The van der Waals surface area contributed by atoms with Gasteiger partial charge in [-0.1, -0.05) is 61.0 Å². The van der Waals surface area contributed by atoms with Gasteiger partial charge in [-0.15, -0.1) is 0 Å². The van der Waals surface area contributed by atoms with Crippen LogP contribution in [0.15, 0.2) is 54.6 Å². The van der Waals surface area contributed by atoms with Gasteiger partial charge in [0.25, 0.3) is 0 Å². The number of rotatable bonds is 6. The molecular formula is C23H25ClN4O. The minimum atomic E-state index is 0.105. The molecule has 0 fully saturated rings. The lowest BCUT2D eigenvalue weighted by Crippen LogP contribution is -2.44. The lowest BCUT2D eigenvalue weighted by atomic mass is 10.1. The number of aromatic nitrogens is 2. The summed E-state index contributed by atoms with van der Waals surface area (Å²) in [7, 11) is 2.06. The van der Waals surface area contributed by atoms with E-state index in [1.807, 2.05) is 42.5 Å². The molecule has 4 rings (SSSR count). The van der Waals surface area contributed by atoms with Crippen molar-refractivity contribution < 1.29 is 4.79 Å². The van der Waals surface area contributed by atoms with Gasteiger partial charge in [-0.05, 0) is 17.7 Å². The van der Waals surface area contributed by atoms with Crippen molar-refractivity contribution in [3.05, 3.63) is 82.3 Å². The van der Waals surface area contributed by atoms with E-state index in [-0.39, 0.29) is 5.78 Å². The first-order chi connectivity index (χ1) is 14.0. The third-order valence-corrected chi connectivity index (χ3v) is 5.65. The molecule has 0 amide bonds. The van der Waals surface area contributed by atoms with Gasteiger partial charge in [0.1, 0.15) is 5.82 Å². The van der Waals surface area contributed by atoms with Gasteiger partial charge < -0.3 is 9.47 Å². The number of carbonyl (C=O) groups excluding carboxylic acids is 1. The van der Waals surface area contributed by atoms with Crippen LogP contribution in [-0.4, -0.2) is 33.4 Å². The molecule has 5 nitrogen and oxygen atoms in total. The van der Waals surface area contributed by atoms with E-state index in [9.17, 15) is 4.79 Å². The second-order valence-corrected chi connectivity index (χ2v) is 7.89. The second-order valence-electron chi connectivity index (χ2n) is 7.45. The molecule has 1 aliphatic rings. The van der Waals surface area contributed by atoms with Gasteiger partial charge in [-0.2, -0.15) is 0 Å². The molecule has 0 saturated heterocycles. The quantitative estimate of drug-likeness (QED) is 0.570. The Morgan fingerprint density at radius 1 is 1.10 bits per heavy atom. The van der Waals surface area contributed by atoms with Crippen molar-refractivity contribution in [1.82, 2.24) is 14.5 Å². The van der Waals surface area contributed by atoms with Crippen LogP contribution in [0.2, 0.25) is 5.02 Å². The molecule has 0 spiro atoms. The van der Waals surface area contributed by atoms with E-state index >= 15 is 0 Å². The Bertz CT molecular complexity index is 998. The fourth-order valence-corrected chi connectivity index (χ4v) is 3.98. The zero-order chi connectivity index (χ0) is 20.4. The summed E-state index contributed by atoms with van der Waals surface area (Å²) in [5.41, 5.74) is 3.09. The highest BCUT2D eigenvalue weighted by Gasteiger charge is 2.29. The van der Waals surface area contributed by atoms with Gasteiger partial charge in [0, 0.05) is 37.1 Å². The van der Waals surface area contributed by atoms with Crippen molar-refractivity contribution in [1.29, 1.82) is 0 Å². The molecule has 0 atom stereocenters. The van der Waals surface area contributed by atoms with Crippen LogP contribution in [0.25, 0.3) is 0 Å². The first-order valence-electron chi connectivity index (χ1n) is 9.89. The molecular weight excluding hydrogens is 384 g/mol. The molecule has 1 aromatic heterocycles. The molecule has 0 aliphatic carbocycles. The van der Waals surface area contributed by atoms with E-state index in [0.29, 0.717) is 13.2 Å². The number of hydrogen-bond acceptors (Lipinski definition) is 4. The maximum absolute atomic E-state index is 12.9. The van der Waals surface area contributed by atoms with Gasteiger partial charge in [-0.25, -0.2) is 4.98 Å². The van der Waals surface area contributed by atoms with E-state index in [4.69, 9.17) is 16.6 Å². The van der Waals surface area contributed by atoms with Crippen LogP contribution in [0.1, 0.15) is 34.4 Å². The number of benzene rings is 2. The van der Waals surface area contributed by atoms with Gasteiger partial charge in [-0.3, -0.25) is 9.69 Å². The van der Waals surface area contributed by atoms with Crippen molar-refractivity contribution in [2.24, 2.45) is 7.05 Å². The number of imidazole rings is 1. The molecule has 0 saturated carbocycles. The van der Waals surface area contributed by atoms with Crippen molar-refractivity contribution in [2.45, 2.75) is 26.4 Å². The Kier molecular flexibility index (Phi) is 5.69. The van der Waals surface area contributed by atoms with Gasteiger partial charge >= 0.3 is 0 Å². The SMILES string of the molecule is CCc1nc2c(n1C)CN(Cc1ccc(Cl)cc1)CN2CC(=O)c1ccccc1. The highest BCUT2D eigenvalue weighted by molar-refractivity contribution is 6.30. The van der Waals surface area contributed by atoms with Crippen molar-refractivity contribution in [3.63, 3.8) is 0 Å². The van der Waals surface area contributed by atoms with Crippen molar-refractivity contribution >= 4 is 23.2 Å². The first kappa shape index (κ1) is 19.7. The lowest BCUT2D eigenvalue weighted by molar-refractivity contribution is 0.0991. The Labute approximate surface area is 176 Å². The molecule has 2 aromatic carbocycles. The van der Waals surface area contributed by atoms with Crippen molar-refractivity contribution in [3.8, 4) is 0 Å². The standard InChI is InChI=1S/C23H25ClN4O/c1-3-22-25-23-20(26(22)2)14-27(13-17-9-11-19(24)12-10-17)16-28(23)15-21(29)18-7-5-4-6-8-18/h4-12H,3,13-16H2,1-2H3. The molecule has 0 unspecified atom stereocenters. The Hall–Kier alpha value is -2.63. The third-order valence-electron chi connectivity index (χ3n) is 5.39. The maximum Gasteiger partial charge on any atom is 0.182 e. The van der Waals surface area contributed by atoms with Crippen molar-refractivity contribution in [2.75, 3.05) is 18.1 Å². The van der Waals surface area contributed by atoms with Crippen LogP contribution in [0.3, 0.4) is 0 Å². The summed E-state index contributed by atoms with van der Waals surface area (Å²) in [5.74, 6) is 2.08. The predicted molar refractivity (Wildman–Crippen MR) is 116 cm³/mol. The number of aryl methyl sites for hydroxylation is 1. The minimum Gasteiger partial charge on any atom is -0.334 e. The summed E-state index contributed by atoms with van der Waals surface area (Å²) >= 11 is 6.03. The highest BCUT2D eigenvalue weighted by atomic mass is 35.5. The Morgan fingerprint density at radius 2 is 1.83 bits per heavy atom. The topological polar surface area (TPSA) is 41.4 Å². The summed E-state index contributed by atoms with van der Waals surface area (Å²) in [5, 5.41) is 0.740. The molecule has 3 aromatic rings. The molecule has 0 bridgehead atoms. The number of nitrogens with zero attached hydrogens (tertiary/aromatic N) is 4. The predicted octanol–water partition coefficient (Wildman–Crippen LogP) is 4.30. The molecule has 1 aliphatic heterocycles. The summed E-state index contributed by atoms with van der Waals surface area (Å²) in [6, 6.07) is 17.4. The summed E-state index contributed by atoms with van der Waals surface area (Å²) in [6.45, 7) is 4.68. The van der Waals surface area contributed by atoms with E-state index in [1.54, 1.807) is 0 Å². The van der Waals surface area contributed by atoms with Gasteiger partial charge in [0.05, 0.1) is 18.9 Å². The number of anilines is 1. The zero-order valence-corrected chi connectivity index (χ0v) is 17.6. The smallest absolute Gasteiger partial charge is 0.182 e. The molecule has 29 heavy (non-hydrogen) atoms. The summed E-state index contributed by atoms with van der Waals surface area (Å²) in [6.07, 6.45) is 0.862. The average Bonchev–Trinajstić information content (AvgIpc) is 3.06. The van der Waals surface area contributed by atoms with E-state index < -0.39 is 0 Å². The second kappa shape index (κ2) is 8.39. The van der Waals surface area contributed by atoms with Crippen LogP contribution >= 0.6 is 11.6 Å². The van der Waals surface area contributed by atoms with Gasteiger partial charge in [0.2, 0.25) is 0 Å². The maximum atomic E-state index is 12.9. The fraction of sp³-hybridized carbons (Fsp3) is 0.304. The molecule has 6 heteroatoms. The van der Waals surface area contributed by atoms with Crippen LogP contribution in [0.4, 0.5) is 5.82 Å². The van der Waals surface area contributed by atoms with Gasteiger partial charge in [0.15, 0.2) is 11.6 Å². The zero-order valence-electron chi connectivity index (χ0n) is 16.8. The molecule has 150 valence electrons. The third kappa shape index (κ3) is 4.21. The number of Topliss-reactive ketones (excluding diaryl/α,β-unsaturated/α-hetero) is 1. The average molecular weight is 409 g/mol. The van der Waals surface area contributed by atoms with Crippen LogP contribution < -0.4 is 4.90 Å². The Balaban J connectivity index is 1.60. The van der Waals surface area contributed by atoms with E-state index in [1.165, 1.54) is 5.56 Å².